The Hall–Kier alpha value is -2.18. The molecule has 2 unspecified atom stereocenters. The van der Waals surface area contributed by atoms with Crippen LogP contribution in [0.3, 0.4) is 0 Å². The van der Waals surface area contributed by atoms with E-state index in [9.17, 15) is 14.7 Å². The van der Waals surface area contributed by atoms with Gasteiger partial charge in [0.1, 0.15) is 5.78 Å². The Balaban J connectivity index is 2.43. The van der Waals surface area contributed by atoms with E-state index in [4.69, 9.17) is 9.84 Å². The predicted octanol–water partition coefficient (Wildman–Crippen LogP) is 3.75. The van der Waals surface area contributed by atoms with Crippen molar-refractivity contribution in [2.24, 2.45) is 11.8 Å². The van der Waals surface area contributed by atoms with E-state index in [0.717, 1.165) is 38.6 Å². The number of aliphatic hydroxyl groups is 1. The van der Waals surface area contributed by atoms with Crippen molar-refractivity contribution >= 4 is 17.6 Å². The number of carbonyl (C=O) groups excluding carboxylic acids is 2. The zero-order valence-electron chi connectivity index (χ0n) is 18.5. The first-order chi connectivity index (χ1) is 14.4. The molecule has 6 nitrogen and oxygen atoms in total. The van der Waals surface area contributed by atoms with Gasteiger partial charge in [-0.05, 0) is 74.9 Å². The third-order valence-corrected chi connectivity index (χ3v) is 5.16. The quantitative estimate of drug-likeness (QED) is 0.279. The minimum absolute atomic E-state index is 0.0359. The maximum atomic E-state index is 12.2. The molecule has 1 rings (SSSR count). The molecular weight excluding hydrogens is 382 g/mol. The summed E-state index contributed by atoms with van der Waals surface area (Å²) in [5.41, 5.74) is 0.716. The van der Waals surface area contributed by atoms with E-state index in [1.54, 1.807) is 18.2 Å². The monoisotopic (exact) mass is 419 g/mol. The average Bonchev–Trinajstić information content (AvgIpc) is 2.71. The third kappa shape index (κ3) is 10.6. The lowest BCUT2D eigenvalue weighted by molar-refractivity contribution is -0.124. The molecule has 0 saturated carbocycles. The predicted molar refractivity (Wildman–Crippen MR) is 120 cm³/mol. The van der Waals surface area contributed by atoms with Crippen molar-refractivity contribution in [1.82, 2.24) is 5.32 Å². The lowest BCUT2D eigenvalue weighted by atomic mass is 9.87. The summed E-state index contributed by atoms with van der Waals surface area (Å²) >= 11 is 0. The third-order valence-electron chi connectivity index (χ3n) is 5.16. The van der Waals surface area contributed by atoms with Crippen molar-refractivity contribution < 1.29 is 24.5 Å². The molecule has 0 saturated heterocycles. The van der Waals surface area contributed by atoms with Crippen molar-refractivity contribution in [1.29, 1.82) is 0 Å². The number of methoxy groups -OCH3 is 1. The number of hydrogen-bond acceptors (Lipinski definition) is 6. The van der Waals surface area contributed by atoms with Gasteiger partial charge in [-0.15, -0.1) is 0 Å². The van der Waals surface area contributed by atoms with Gasteiger partial charge in [-0.1, -0.05) is 25.5 Å². The van der Waals surface area contributed by atoms with Gasteiger partial charge in [0.25, 0.3) is 0 Å². The van der Waals surface area contributed by atoms with Crippen LogP contribution in [0.15, 0.2) is 24.3 Å². The van der Waals surface area contributed by atoms with Crippen molar-refractivity contribution in [2.45, 2.75) is 51.9 Å². The second-order valence-corrected chi connectivity index (χ2v) is 7.97. The SMILES string of the molecule is CNCC(C)CC(CCCO)CCCC(=O)CC(=O)C=Cc1ccc(O)c(OC)c1. The molecule has 0 radical (unpaired) electrons. The highest BCUT2D eigenvalue weighted by atomic mass is 16.5. The van der Waals surface area contributed by atoms with Gasteiger partial charge in [0.05, 0.1) is 13.5 Å². The Morgan fingerprint density at radius 3 is 2.63 bits per heavy atom. The van der Waals surface area contributed by atoms with Crippen LogP contribution in [0, 0.1) is 11.8 Å². The number of ketones is 2. The molecule has 168 valence electrons. The van der Waals surface area contributed by atoms with Crippen LogP contribution in [0.2, 0.25) is 0 Å². The second kappa shape index (κ2) is 14.7. The molecule has 0 amide bonds. The summed E-state index contributed by atoms with van der Waals surface area (Å²) in [5.74, 6) is 1.14. The summed E-state index contributed by atoms with van der Waals surface area (Å²) in [4.78, 5) is 24.3. The van der Waals surface area contributed by atoms with Crippen LogP contribution < -0.4 is 10.1 Å². The second-order valence-electron chi connectivity index (χ2n) is 7.97. The van der Waals surface area contributed by atoms with Gasteiger partial charge in [-0.25, -0.2) is 0 Å². The number of phenolic OH excluding ortho intramolecular Hbond substituents is 1. The van der Waals surface area contributed by atoms with Crippen LogP contribution in [0.25, 0.3) is 6.08 Å². The summed E-state index contributed by atoms with van der Waals surface area (Å²) < 4.78 is 5.04. The van der Waals surface area contributed by atoms with E-state index in [1.165, 1.54) is 19.3 Å². The van der Waals surface area contributed by atoms with Crippen LogP contribution in [-0.2, 0) is 9.59 Å². The molecule has 0 aliphatic rings. The molecule has 6 heteroatoms. The van der Waals surface area contributed by atoms with Crippen molar-refractivity contribution in [2.75, 3.05) is 27.3 Å². The molecule has 1 aromatic rings. The first kappa shape index (κ1) is 25.9. The van der Waals surface area contributed by atoms with Gasteiger partial charge < -0.3 is 20.3 Å². The Labute approximate surface area is 180 Å². The van der Waals surface area contributed by atoms with Crippen molar-refractivity contribution in [3.8, 4) is 11.5 Å². The Morgan fingerprint density at radius 2 is 1.97 bits per heavy atom. The van der Waals surface area contributed by atoms with E-state index < -0.39 is 0 Å². The smallest absolute Gasteiger partial charge is 0.163 e. The molecule has 0 spiro atoms. The van der Waals surface area contributed by atoms with E-state index in [0.29, 0.717) is 29.6 Å². The fraction of sp³-hybridized carbons (Fsp3) is 0.583. The number of phenols is 1. The average molecular weight is 420 g/mol. The molecule has 3 N–H and O–H groups in total. The van der Waals surface area contributed by atoms with E-state index in [1.807, 2.05) is 7.05 Å². The van der Waals surface area contributed by atoms with Gasteiger partial charge in [0.15, 0.2) is 17.3 Å². The highest BCUT2D eigenvalue weighted by molar-refractivity contribution is 6.06. The maximum absolute atomic E-state index is 12.2. The molecule has 0 fully saturated rings. The zero-order valence-corrected chi connectivity index (χ0v) is 18.5. The highest BCUT2D eigenvalue weighted by Gasteiger charge is 2.14. The normalized spacial score (nSPS) is 13.3. The van der Waals surface area contributed by atoms with Gasteiger partial charge in [-0.2, -0.15) is 0 Å². The summed E-state index contributed by atoms with van der Waals surface area (Å²) in [6.45, 7) is 3.37. The van der Waals surface area contributed by atoms with E-state index >= 15 is 0 Å². The van der Waals surface area contributed by atoms with Crippen LogP contribution in [0.4, 0.5) is 0 Å². The fourth-order valence-corrected chi connectivity index (χ4v) is 3.68. The molecule has 1 aromatic carbocycles. The minimum Gasteiger partial charge on any atom is -0.504 e. The van der Waals surface area contributed by atoms with E-state index in [-0.39, 0.29) is 30.3 Å². The molecule has 0 bridgehead atoms. The minimum atomic E-state index is -0.230. The number of benzene rings is 1. The lowest BCUT2D eigenvalue weighted by Crippen LogP contribution is -2.19. The Kier molecular flexibility index (Phi) is 12.7. The van der Waals surface area contributed by atoms with Crippen LogP contribution >= 0.6 is 0 Å². The van der Waals surface area contributed by atoms with Crippen LogP contribution in [0.5, 0.6) is 11.5 Å². The zero-order chi connectivity index (χ0) is 22.4. The number of nitrogens with one attached hydrogen (secondary N) is 1. The van der Waals surface area contributed by atoms with Gasteiger partial charge in [0, 0.05) is 13.0 Å². The summed E-state index contributed by atoms with van der Waals surface area (Å²) in [5, 5.41) is 21.9. The molecule has 0 aliphatic heterocycles. The summed E-state index contributed by atoms with van der Waals surface area (Å²) in [6, 6.07) is 4.80. The highest BCUT2D eigenvalue weighted by Crippen LogP contribution is 2.27. The standard InChI is InChI=1S/C24H37NO5/c1-18(17-25-2)14-19(7-5-13-26)6-4-8-21(27)16-22(28)11-9-20-10-12-23(29)24(15-20)30-3/h9-12,15,18-19,25-26,29H,4-8,13-14,16-17H2,1-3H3. The van der Waals surface area contributed by atoms with Crippen molar-refractivity contribution in [3.05, 3.63) is 29.8 Å². The molecule has 0 aromatic heterocycles. The lowest BCUT2D eigenvalue weighted by Gasteiger charge is -2.20. The van der Waals surface area contributed by atoms with Gasteiger partial charge >= 0.3 is 0 Å². The molecule has 0 heterocycles. The van der Waals surface area contributed by atoms with Crippen LogP contribution in [0.1, 0.15) is 57.4 Å². The molecule has 30 heavy (non-hydrogen) atoms. The number of ether oxygens (including phenoxy) is 1. The Morgan fingerprint density at radius 1 is 1.23 bits per heavy atom. The first-order valence-corrected chi connectivity index (χ1v) is 10.7. The number of hydrogen-bond donors (Lipinski definition) is 3. The maximum Gasteiger partial charge on any atom is 0.163 e. The summed E-state index contributed by atoms with van der Waals surface area (Å²) in [7, 11) is 3.41. The summed E-state index contributed by atoms with van der Waals surface area (Å²) in [6.07, 6.45) is 7.87. The largest absolute Gasteiger partial charge is 0.504 e. The number of rotatable bonds is 16. The first-order valence-electron chi connectivity index (χ1n) is 10.7. The molecule has 2 atom stereocenters. The number of Topliss-reactive ketones (excluding diaryl/α,β-unsaturated/α-hetero) is 1. The van der Waals surface area contributed by atoms with Crippen LogP contribution in [-0.4, -0.2) is 49.1 Å². The topological polar surface area (TPSA) is 95.9 Å². The number of aliphatic hydroxyl groups excluding tert-OH is 1. The fourth-order valence-electron chi connectivity index (χ4n) is 3.68. The van der Waals surface area contributed by atoms with E-state index in [2.05, 4.69) is 12.2 Å². The van der Waals surface area contributed by atoms with Crippen molar-refractivity contribution in [3.63, 3.8) is 0 Å². The van der Waals surface area contributed by atoms with Gasteiger partial charge in [0.2, 0.25) is 0 Å². The number of allylic oxidation sites excluding steroid dienone is 1. The molecular formula is C24H37NO5. The number of aromatic hydroxyl groups is 1. The van der Waals surface area contributed by atoms with Gasteiger partial charge in [-0.3, -0.25) is 9.59 Å². The number of carbonyl (C=O) groups is 2. The molecule has 0 aliphatic carbocycles. The Bertz CT molecular complexity index is 686.